The van der Waals surface area contributed by atoms with Gasteiger partial charge >= 0.3 is 5.97 Å². The van der Waals surface area contributed by atoms with Crippen molar-refractivity contribution in [3.8, 4) is 5.75 Å². The van der Waals surface area contributed by atoms with Crippen LogP contribution in [-0.4, -0.2) is 66.6 Å². The Hall–Kier alpha value is -2.54. The van der Waals surface area contributed by atoms with Gasteiger partial charge in [0.1, 0.15) is 17.9 Å². The molecule has 1 fully saturated rings. The van der Waals surface area contributed by atoms with Crippen LogP contribution in [0.1, 0.15) is 23.4 Å². The number of carbonyl (C=O) groups is 2. The summed E-state index contributed by atoms with van der Waals surface area (Å²) >= 11 is 0. The van der Waals surface area contributed by atoms with Gasteiger partial charge in [-0.3, -0.25) is 9.59 Å². The number of methoxy groups -OCH3 is 1. The van der Waals surface area contributed by atoms with E-state index < -0.39 is 11.9 Å². The van der Waals surface area contributed by atoms with Gasteiger partial charge in [-0.25, -0.2) is 0 Å². The Morgan fingerprint density at radius 2 is 2.04 bits per heavy atom. The molecule has 1 saturated heterocycles. The maximum absolute atomic E-state index is 12.7. The van der Waals surface area contributed by atoms with E-state index in [1.807, 2.05) is 0 Å². The van der Waals surface area contributed by atoms with Gasteiger partial charge in [0.25, 0.3) is 5.91 Å². The summed E-state index contributed by atoms with van der Waals surface area (Å²) in [6.07, 6.45) is 2.30. The van der Waals surface area contributed by atoms with Gasteiger partial charge in [-0.05, 0) is 44.1 Å². The predicted molar refractivity (Wildman–Crippen MR) is 92.0 cm³/mol. The molecule has 2 aromatic rings. The highest BCUT2D eigenvalue weighted by atomic mass is 16.5. The topological polar surface area (TPSA) is 83.2 Å². The maximum Gasteiger partial charge on any atom is 0.323 e. The Kier molecular flexibility index (Phi) is 5.23. The molecule has 2 heterocycles. The number of ether oxygens (including phenoxy) is 1. The molecule has 1 amide bonds. The number of nitrogens with zero attached hydrogens (tertiary/aromatic N) is 2. The minimum absolute atomic E-state index is 0.144. The van der Waals surface area contributed by atoms with Gasteiger partial charge in [0.2, 0.25) is 0 Å². The van der Waals surface area contributed by atoms with Gasteiger partial charge in [-0.1, -0.05) is 0 Å². The number of hydrogen-bond donors (Lipinski definition) is 1. The van der Waals surface area contributed by atoms with Crippen LogP contribution in [0.3, 0.4) is 0 Å². The highest BCUT2D eigenvalue weighted by Crippen LogP contribution is 2.25. The molecule has 1 aliphatic rings. The van der Waals surface area contributed by atoms with Crippen molar-refractivity contribution in [2.24, 2.45) is 0 Å². The number of amides is 1. The Labute approximate surface area is 145 Å². The quantitative estimate of drug-likeness (QED) is 0.826. The van der Waals surface area contributed by atoms with Crippen LogP contribution in [0.25, 0.3) is 11.0 Å². The average Bonchev–Trinajstić information content (AvgIpc) is 3.25. The Morgan fingerprint density at radius 1 is 1.28 bits per heavy atom. The number of hydrogen-bond acceptors (Lipinski definition) is 5. The lowest BCUT2D eigenvalue weighted by Crippen LogP contribution is -2.40. The van der Waals surface area contributed by atoms with Crippen molar-refractivity contribution in [1.82, 2.24) is 9.80 Å². The summed E-state index contributed by atoms with van der Waals surface area (Å²) in [6.45, 7) is 2.70. The van der Waals surface area contributed by atoms with Crippen molar-refractivity contribution >= 4 is 22.8 Å². The van der Waals surface area contributed by atoms with E-state index in [1.165, 1.54) is 4.90 Å². The van der Waals surface area contributed by atoms with Crippen LogP contribution in [0.4, 0.5) is 0 Å². The standard InChI is InChI=1S/C18H22N2O5/c1-24-14-5-4-13-10-16(25-15(13)11-14)18(23)20(12-17(21)22)9-8-19-6-2-3-7-19/h4-5,10-11H,2-3,6-9,12H2,1H3,(H,21,22). The van der Waals surface area contributed by atoms with E-state index in [4.69, 9.17) is 14.3 Å². The molecule has 7 heteroatoms. The van der Waals surface area contributed by atoms with Crippen molar-refractivity contribution in [3.05, 3.63) is 30.0 Å². The van der Waals surface area contributed by atoms with E-state index in [0.717, 1.165) is 31.3 Å². The van der Waals surface area contributed by atoms with E-state index in [-0.39, 0.29) is 12.3 Å². The molecule has 25 heavy (non-hydrogen) atoms. The number of rotatable bonds is 7. The van der Waals surface area contributed by atoms with Crippen molar-refractivity contribution in [2.45, 2.75) is 12.8 Å². The molecule has 1 aliphatic heterocycles. The summed E-state index contributed by atoms with van der Waals surface area (Å²) in [4.78, 5) is 27.4. The molecule has 0 aliphatic carbocycles. The number of benzene rings is 1. The first-order chi connectivity index (χ1) is 12.1. The highest BCUT2D eigenvalue weighted by Gasteiger charge is 2.23. The van der Waals surface area contributed by atoms with E-state index in [0.29, 0.717) is 24.4 Å². The molecule has 7 nitrogen and oxygen atoms in total. The molecule has 3 rings (SSSR count). The first-order valence-corrected chi connectivity index (χ1v) is 8.38. The fourth-order valence-corrected chi connectivity index (χ4v) is 3.08. The van der Waals surface area contributed by atoms with Crippen molar-refractivity contribution in [2.75, 3.05) is 39.8 Å². The molecular weight excluding hydrogens is 324 g/mol. The molecule has 0 spiro atoms. The Morgan fingerprint density at radius 3 is 2.72 bits per heavy atom. The fraction of sp³-hybridized carbons (Fsp3) is 0.444. The zero-order valence-electron chi connectivity index (χ0n) is 14.2. The number of carbonyl (C=O) groups excluding carboxylic acids is 1. The first kappa shape index (κ1) is 17.3. The highest BCUT2D eigenvalue weighted by molar-refractivity contribution is 5.97. The van der Waals surface area contributed by atoms with Gasteiger partial charge in [-0.2, -0.15) is 0 Å². The third kappa shape index (κ3) is 4.11. The normalized spacial score (nSPS) is 14.8. The van der Waals surface area contributed by atoms with E-state index in [9.17, 15) is 9.59 Å². The second kappa shape index (κ2) is 7.57. The van der Waals surface area contributed by atoms with Crippen molar-refractivity contribution in [3.63, 3.8) is 0 Å². The smallest absolute Gasteiger partial charge is 0.323 e. The molecule has 0 saturated carbocycles. The summed E-state index contributed by atoms with van der Waals surface area (Å²) in [5.74, 6) is -0.660. The summed E-state index contributed by atoms with van der Waals surface area (Å²) in [6, 6.07) is 6.94. The minimum atomic E-state index is -1.03. The molecule has 0 unspecified atom stereocenters. The van der Waals surface area contributed by atoms with Gasteiger partial charge in [0.15, 0.2) is 5.76 Å². The van der Waals surface area contributed by atoms with Gasteiger partial charge < -0.3 is 24.1 Å². The third-order valence-corrected chi connectivity index (χ3v) is 4.44. The second-order valence-electron chi connectivity index (χ2n) is 6.18. The minimum Gasteiger partial charge on any atom is -0.497 e. The van der Waals surface area contributed by atoms with Gasteiger partial charge in [0, 0.05) is 24.5 Å². The number of furan rings is 1. The number of fused-ring (bicyclic) bond motifs is 1. The van der Waals surface area contributed by atoms with E-state index in [2.05, 4.69) is 4.90 Å². The van der Waals surface area contributed by atoms with Crippen LogP contribution >= 0.6 is 0 Å². The van der Waals surface area contributed by atoms with Crippen LogP contribution in [0, 0.1) is 0 Å². The molecule has 0 bridgehead atoms. The molecular formula is C18H22N2O5. The van der Waals surface area contributed by atoms with Crippen LogP contribution in [-0.2, 0) is 4.79 Å². The van der Waals surface area contributed by atoms with Crippen molar-refractivity contribution in [1.29, 1.82) is 0 Å². The monoisotopic (exact) mass is 346 g/mol. The number of aliphatic carboxylic acids is 1. The van der Waals surface area contributed by atoms with Crippen LogP contribution in [0.15, 0.2) is 28.7 Å². The lowest BCUT2D eigenvalue weighted by molar-refractivity contribution is -0.137. The summed E-state index contributed by atoms with van der Waals surface area (Å²) < 4.78 is 10.8. The van der Waals surface area contributed by atoms with Crippen LogP contribution in [0.5, 0.6) is 5.75 Å². The van der Waals surface area contributed by atoms with Gasteiger partial charge in [-0.15, -0.1) is 0 Å². The summed E-state index contributed by atoms with van der Waals surface area (Å²) in [7, 11) is 1.56. The fourth-order valence-electron chi connectivity index (χ4n) is 3.08. The van der Waals surface area contributed by atoms with Crippen LogP contribution < -0.4 is 4.74 Å². The van der Waals surface area contributed by atoms with Crippen LogP contribution in [0.2, 0.25) is 0 Å². The molecule has 1 aromatic heterocycles. The zero-order valence-corrected chi connectivity index (χ0v) is 14.2. The molecule has 0 radical (unpaired) electrons. The predicted octanol–water partition coefficient (Wildman–Crippen LogP) is 2.06. The lowest BCUT2D eigenvalue weighted by atomic mass is 10.2. The summed E-state index contributed by atoms with van der Waals surface area (Å²) in [5.41, 5.74) is 0.539. The first-order valence-electron chi connectivity index (χ1n) is 8.38. The Balaban J connectivity index is 1.76. The third-order valence-electron chi connectivity index (χ3n) is 4.44. The largest absolute Gasteiger partial charge is 0.497 e. The maximum atomic E-state index is 12.7. The lowest BCUT2D eigenvalue weighted by Gasteiger charge is -2.23. The molecule has 1 N–H and O–H groups in total. The molecule has 1 aromatic carbocycles. The van der Waals surface area contributed by atoms with Crippen molar-refractivity contribution < 1.29 is 23.8 Å². The van der Waals surface area contributed by atoms with Gasteiger partial charge in [0.05, 0.1) is 7.11 Å². The second-order valence-corrected chi connectivity index (χ2v) is 6.18. The van der Waals surface area contributed by atoms with E-state index >= 15 is 0 Å². The number of carboxylic acid groups (broad SMARTS) is 1. The average molecular weight is 346 g/mol. The molecule has 0 atom stereocenters. The number of carboxylic acids is 1. The zero-order chi connectivity index (χ0) is 17.8. The van der Waals surface area contributed by atoms with E-state index in [1.54, 1.807) is 31.4 Å². The summed E-state index contributed by atoms with van der Waals surface area (Å²) in [5, 5.41) is 9.90. The Bertz CT molecular complexity index is 764. The number of likely N-dealkylation sites (tertiary alicyclic amines) is 1. The molecule has 134 valence electrons. The SMILES string of the molecule is COc1ccc2cc(C(=O)N(CCN3CCCC3)CC(=O)O)oc2c1.